The van der Waals surface area contributed by atoms with Crippen LogP contribution < -0.4 is 5.73 Å². The Balaban J connectivity index is 2.59. The summed E-state index contributed by atoms with van der Waals surface area (Å²) in [6.07, 6.45) is 3.17. The van der Waals surface area contributed by atoms with Crippen LogP contribution in [0.25, 0.3) is 11.0 Å². The van der Waals surface area contributed by atoms with E-state index >= 15 is 0 Å². The molecule has 1 unspecified atom stereocenters. The molecular formula is C11H16N4OS. The smallest absolute Gasteiger partial charge is 0.145 e. The molecule has 2 N–H and O–H groups in total. The summed E-state index contributed by atoms with van der Waals surface area (Å²) in [6, 6.07) is 0. The molecule has 0 aliphatic rings. The second kappa shape index (κ2) is 4.44. The van der Waals surface area contributed by atoms with Crippen molar-refractivity contribution >= 4 is 27.7 Å². The van der Waals surface area contributed by atoms with Crippen LogP contribution in [-0.4, -0.2) is 30.8 Å². The minimum atomic E-state index is -0.809. The number of rotatable bonds is 3. The van der Waals surface area contributed by atoms with Gasteiger partial charge in [0.1, 0.15) is 17.8 Å². The third-order valence-electron chi connectivity index (χ3n) is 3.04. The lowest BCUT2D eigenvalue weighted by molar-refractivity contribution is 0.677. The van der Waals surface area contributed by atoms with Crippen LogP contribution in [0.5, 0.6) is 0 Å². The molecule has 2 heterocycles. The second-order valence-corrected chi connectivity index (χ2v) is 5.65. The molecule has 0 spiro atoms. The van der Waals surface area contributed by atoms with E-state index in [0.29, 0.717) is 18.1 Å². The number of nitrogens with two attached hydrogens (primary N) is 1. The first kappa shape index (κ1) is 12.0. The van der Waals surface area contributed by atoms with E-state index < -0.39 is 10.8 Å². The molecule has 0 aliphatic heterocycles. The third kappa shape index (κ3) is 2.04. The van der Waals surface area contributed by atoms with Crippen molar-refractivity contribution in [2.75, 3.05) is 17.7 Å². The fourth-order valence-corrected chi connectivity index (χ4v) is 2.43. The number of hydrogen-bond donors (Lipinski definition) is 1. The van der Waals surface area contributed by atoms with Crippen LogP contribution in [0.2, 0.25) is 0 Å². The monoisotopic (exact) mass is 252 g/mol. The van der Waals surface area contributed by atoms with E-state index in [9.17, 15) is 4.21 Å². The average Bonchev–Trinajstić information content (AvgIpc) is 2.51. The maximum absolute atomic E-state index is 11.2. The van der Waals surface area contributed by atoms with Gasteiger partial charge in [-0.2, -0.15) is 0 Å². The number of fused-ring (bicyclic) bond motifs is 1. The lowest BCUT2D eigenvalue weighted by Gasteiger charge is -2.06. The highest BCUT2D eigenvalue weighted by molar-refractivity contribution is 7.84. The number of aromatic nitrogens is 3. The molecular weight excluding hydrogens is 236 g/mol. The highest BCUT2D eigenvalue weighted by Gasteiger charge is 2.14. The maximum Gasteiger partial charge on any atom is 0.145 e. The highest BCUT2D eigenvalue weighted by atomic mass is 32.2. The first-order valence-corrected chi connectivity index (χ1v) is 7.11. The van der Waals surface area contributed by atoms with Gasteiger partial charge in [-0.05, 0) is 19.4 Å². The molecule has 17 heavy (non-hydrogen) atoms. The van der Waals surface area contributed by atoms with E-state index in [0.717, 1.165) is 22.3 Å². The Morgan fingerprint density at radius 1 is 1.41 bits per heavy atom. The van der Waals surface area contributed by atoms with Crippen LogP contribution >= 0.6 is 0 Å². The summed E-state index contributed by atoms with van der Waals surface area (Å²) < 4.78 is 13.2. The number of hydrogen-bond acceptors (Lipinski definition) is 4. The summed E-state index contributed by atoms with van der Waals surface area (Å²) in [7, 11) is -0.809. The molecule has 5 nitrogen and oxygen atoms in total. The molecule has 92 valence electrons. The highest BCUT2D eigenvalue weighted by Crippen LogP contribution is 2.26. The van der Waals surface area contributed by atoms with Crippen molar-refractivity contribution in [2.24, 2.45) is 0 Å². The average molecular weight is 252 g/mol. The molecule has 0 saturated heterocycles. The lowest BCUT2D eigenvalue weighted by atomic mass is 10.2. The fourth-order valence-electron chi connectivity index (χ4n) is 1.99. The van der Waals surface area contributed by atoms with E-state index in [-0.39, 0.29) is 0 Å². The van der Waals surface area contributed by atoms with Crippen molar-refractivity contribution in [3.8, 4) is 0 Å². The van der Waals surface area contributed by atoms with E-state index in [1.807, 2.05) is 13.8 Å². The van der Waals surface area contributed by atoms with Crippen molar-refractivity contribution in [2.45, 2.75) is 20.4 Å². The molecule has 2 aromatic rings. The quantitative estimate of drug-likeness (QED) is 0.884. The lowest BCUT2D eigenvalue weighted by Crippen LogP contribution is -2.08. The van der Waals surface area contributed by atoms with Crippen molar-refractivity contribution in [3.05, 3.63) is 17.6 Å². The SMILES string of the molecule is Cc1c(C)n(CCS(C)=O)c2ncnc(N)c12. The van der Waals surface area contributed by atoms with E-state index in [1.165, 1.54) is 6.33 Å². The summed E-state index contributed by atoms with van der Waals surface area (Å²) >= 11 is 0. The Hall–Kier alpha value is -1.43. The van der Waals surface area contributed by atoms with Crippen LogP contribution in [0.3, 0.4) is 0 Å². The van der Waals surface area contributed by atoms with E-state index in [2.05, 4.69) is 14.5 Å². The zero-order chi connectivity index (χ0) is 12.6. The maximum atomic E-state index is 11.2. The number of nitrogens with zero attached hydrogens (tertiary/aromatic N) is 3. The minimum absolute atomic E-state index is 0.506. The van der Waals surface area contributed by atoms with Gasteiger partial charge in [-0.1, -0.05) is 0 Å². The van der Waals surface area contributed by atoms with E-state index in [1.54, 1.807) is 6.26 Å². The van der Waals surface area contributed by atoms with Gasteiger partial charge in [-0.3, -0.25) is 4.21 Å². The molecule has 1 atom stereocenters. The molecule has 2 aromatic heterocycles. The molecule has 2 rings (SSSR count). The van der Waals surface area contributed by atoms with Crippen molar-refractivity contribution in [1.29, 1.82) is 0 Å². The van der Waals surface area contributed by atoms with Gasteiger partial charge in [-0.25, -0.2) is 9.97 Å². The molecule has 0 fully saturated rings. The van der Waals surface area contributed by atoms with Crippen LogP contribution in [0, 0.1) is 13.8 Å². The van der Waals surface area contributed by atoms with Crippen LogP contribution in [0.4, 0.5) is 5.82 Å². The Morgan fingerprint density at radius 2 is 2.12 bits per heavy atom. The molecule has 0 bridgehead atoms. The largest absolute Gasteiger partial charge is 0.383 e. The van der Waals surface area contributed by atoms with Crippen molar-refractivity contribution in [3.63, 3.8) is 0 Å². The molecule has 0 saturated carbocycles. The van der Waals surface area contributed by atoms with Crippen LogP contribution in [0.1, 0.15) is 11.3 Å². The molecule has 0 aromatic carbocycles. The predicted molar refractivity (Wildman–Crippen MR) is 70.3 cm³/mol. The van der Waals surface area contributed by atoms with Gasteiger partial charge in [0, 0.05) is 35.0 Å². The first-order chi connectivity index (χ1) is 8.02. The third-order valence-corrected chi connectivity index (χ3v) is 3.79. The van der Waals surface area contributed by atoms with E-state index in [4.69, 9.17) is 5.73 Å². The molecule has 0 radical (unpaired) electrons. The van der Waals surface area contributed by atoms with Gasteiger partial charge in [0.25, 0.3) is 0 Å². The Kier molecular flexibility index (Phi) is 3.15. The normalized spacial score (nSPS) is 13.1. The molecule has 6 heteroatoms. The summed E-state index contributed by atoms with van der Waals surface area (Å²) in [4.78, 5) is 8.29. The van der Waals surface area contributed by atoms with Crippen LogP contribution in [-0.2, 0) is 17.3 Å². The summed E-state index contributed by atoms with van der Waals surface area (Å²) in [5.41, 5.74) is 8.91. The Morgan fingerprint density at radius 3 is 2.76 bits per heavy atom. The van der Waals surface area contributed by atoms with Gasteiger partial charge < -0.3 is 10.3 Å². The Bertz CT molecular complexity index is 591. The van der Waals surface area contributed by atoms with Crippen molar-refractivity contribution in [1.82, 2.24) is 14.5 Å². The predicted octanol–water partition coefficient (Wildman–Crippen LogP) is 1.01. The molecule has 0 amide bonds. The van der Waals surface area contributed by atoms with Gasteiger partial charge in [0.15, 0.2) is 0 Å². The zero-order valence-corrected chi connectivity index (χ0v) is 11.0. The van der Waals surface area contributed by atoms with Crippen molar-refractivity contribution < 1.29 is 4.21 Å². The van der Waals surface area contributed by atoms with Crippen LogP contribution in [0.15, 0.2) is 6.33 Å². The standard InChI is InChI=1S/C11H16N4OS/c1-7-8(2)15(4-5-17(3)16)11-9(7)10(12)13-6-14-11/h6H,4-5H2,1-3H3,(H2,12,13,14). The molecule has 0 aliphatic carbocycles. The fraction of sp³-hybridized carbons (Fsp3) is 0.455. The summed E-state index contributed by atoms with van der Waals surface area (Å²) in [5.74, 6) is 1.13. The summed E-state index contributed by atoms with van der Waals surface area (Å²) in [5, 5.41) is 0.909. The Labute approximate surface area is 103 Å². The summed E-state index contributed by atoms with van der Waals surface area (Å²) in [6.45, 7) is 4.72. The number of anilines is 1. The van der Waals surface area contributed by atoms with Gasteiger partial charge in [0.05, 0.1) is 5.39 Å². The minimum Gasteiger partial charge on any atom is -0.383 e. The first-order valence-electron chi connectivity index (χ1n) is 5.38. The number of nitrogen functional groups attached to an aromatic ring is 1. The topological polar surface area (TPSA) is 73.8 Å². The van der Waals surface area contributed by atoms with Gasteiger partial charge in [-0.15, -0.1) is 0 Å². The number of aryl methyl sites for hydroxylation is 2. The van der Waals surface area contributed by atoms with Gasteiger partial charge >= 0.3 is 0 Å². The van der Waals surface area contributed by atoms with Gasteiger partial charge in [0.2, 0.25) is 0 Å². The zero-order valence-electron chi connectivity index (χ0n) is 10.2. The second-order valence-electron chi connectivity index (χ2n) is 4.10.